The highest BCUT2D eigenvalue weighted by molar-refractivity contribution is 7.80. The molecule has 1 aromatic carbocycles. The minimum absolute atomic E-state index is 0.283. The van der Waals surface area contributed by atoms with Crippen molar-refractivity contribution >= 4 is 23.0 Å². The van der Waals surface area contributed by atoms with Crippen LogP contribution < -0.4 is 10.6 Å². The average molecular weight is 180 g/mol. The largest absolute Gasteiger partial charge is 0.508 e. The fraction of sp³-hybridized carbons (Fsp3) is 0.125. The Morgan fingerprint density at radius 3 is 3.08 bits per heavy atom. The van der Waals surface area contributed by atoms with Crippen LogP contribution in [0.15, 0.2) is 18.2 Å². The molecule has 1 aliphatic rings. The molecule has 4 heteroatoms. The standard InChI is InChI=1S/C8H8N2OS/c11-6-1-2-7-5(3-6)4-9-8(12)10-7/h1-3,11H,4H2,(H2,9,10,12). The van der Waals surface area contributed by atoms with Gasteiger partial charge in [-0.05, 0) is 36.0 Å². The minimum Gasteiger partial charge on any atom is -0.508 e. The minimum atomic E-state index is 0.283. The quantitative estimate of drug-likeness (QED) is 0.414. The molecule has 0 aromatic heterocycles. The number of hydrogen-bond acceptors (Lipinski definition) is 2. The van der Waals surface area contributed by atoms with Crippen LogP contribution >= 0.6 is 12.2 Å². The van der Waals surface area contributed by atoms with E-state index in [0.29, 0.717) is 11.7 Å². The number of fused-ring (bicyclic) bond motifs is 1. The zero-order valence-corrected chi connectivity index (χ0v) is 7.11. The third-order valence-corrected chi connectivity index (χ3v) is 2.02. The normalized spacial score (nSPS) is 14.5. The molecule has 2 rings (SSSR count). The molecule has 0 saturated heterocycles. The van der Waals surface area contributed by atoms with Crippen molar-refractivity contribution < 1.29 is 5.11 Å². The van der Waals surface area contributed by atoms with E-state index in [2.05, 4.69) is 10.6 Å². The van der Waals surface area contributed by atoms with Crippen LogP contribution in [0.5, 0.6) is 5.75 Å². The van der Waals surface area contributed by atoms with Crippen molar-refractivity contribution in [1.29, 1.82) is 0 Å². The van der Waals surface area contributed by atoms with Crippen molar-refractivity contribution in [3.63, 3.8) is 0 Å². The van der Waals surface area contributed by atoms with Gasteiger partial charge in [-0.15, -0.1) is 0 Å². The second kappa shape index (κ2) is 2.64. The summed E-state index contributed by atoms with van der Waals surface area (Å²) in [5.41, 5.74) is 2.00. The molecule has 0 unspecified atom stereocenters. The van der Waals surface area contributed by atoms with Gasteiger partial charge in [-0.2, -0.15) is 0 Å². The van der Waals surface area contributed by atoms with Gasteiger partial charge in [0.05, 0.1) is 0 Å². The summed E-state index contributed by atoms with van der Waals surface area (Å²) in [4.78, 5) is 0. The van der Waals surface area contributed by atoms with E-state index in [1.54, 1.807) is 12.1 Å². The first kappa shape index (κ1) is 7.36. The summed E-state index contributed by atoms with van der Waals surface area (Å²) in [6.07, 6.45) is 0. The number of aromatic hydroxyl groups is 1. The van der Waals surface area contributed by atoms with Crippen molar-refractivity contribution in [3.05, 3.63) is 23.8 Å². The lowest BCUT2D eigenvalue weighted by Gasteiger charge is -2.20. The maximum atomic E-state index is 9.17. The number of benzene rings is 1. The highest BCUT2D eigenvalue weighted by Crippen LogP contribution is 2.23. The Kier molecular flexibility index (Phi) is 1.62. The van der Waals surface area contributed by atoms with Gasteiger partial charge in [-0.25, -0.2) is 0 Å². The van der Waals surface area contributed by atoms with E-state index in [1.165, 1.54) is 0 Å². The molecule has 12 heavy (non-hydrogen) atoms. The van der Waals surface area contributed by atoms with Crippen LogP contribution in [0, 0.1) is 0 Å². The van der Waals surface area contributed by atoms with Crippen LogP contribution in [0.25, 0.3) is 0 Å². The summed E-state index contributed by atoms with van der Waals surface area (Å²) >= 11 is 4.93. The van der Waals surface area contributed by atoms with Gasteiger partial charge in [-0.1, -0.05) is 0 Å². The number of phenols is 1. The lowest BCUT2D eigenvalue weighted by atomic mass is 10.1. The van der Waals surface area contributed by atoms with E-state index < -0.39 is 0 Å². The molecule has 0 atom stereocenters. The second-order valence-corrected chi connectivity index (χ2v) is 3.06. The molecule has 1 aliphatic heterocycles. The third-order valence-electron chi connectivity index (χ3n) is 1.78. The smallest absolute Gasteiger partial charge is 0.171 e. The second-order valence-electron chi connectivity index (χ2n) is 2.65. The summed E-state index contributed by atoms with van der Waals surface area (Å²) in [6.45, 7) is 0.676. The van der Waals surface area contributed by atoms with E-state index in [4.69, 9.17) is 17.3 Å². The molecule has 0 saturated carbocycles. The first-order valence-electron chi connectivity index (χ1n) is 3.62. The molecule has 0 aliphatic carbocycles. The predicted molar refractivity (Wildman–Crippen MR) is 51.2 cm³/mol. The first-order valence-corrected chi connectivity index (χ1v) is 4.03. The van der Waals surface area contributed by atoms with Gasteiger partial charge in [0.2, 0.25) is 0 Å². The fourth-order valence-corrected chi connectivity index (χ4v) is 1.37. The molecule has 3 nitrogen and oxygen atoms in total. The predicted octanol–water partition coefficient (Wildman–Crippen LogP) is 1.19. The monoisotopic (exact) mass is 180 g/mol. The lowest BCUT2D eigenvalue weighted by Crippen LogP contribution is -2.32. The number of thiocarbonyl (C=S) groups is 1. The Bertz CT molecular complexity index is 338. The lowest BCUT2D eigenvalue weighted by molar-refractivity contribution is 0.474. The van der Waals surface area contributed by atoms with E-state index in [0.717, 1.165) is 11.3 Å². The number of rotatable bonds is 0. The van der Waals surface area contributed by atoms with E-state index in [-0.39, 0.29) is 5.75 Å². The van der Waals surface area contributed by atoms with Gasteiger partial charge >= 0.3 is 0 Å². The van der Waals surface area contributed by atoms with Crippen LogP contribution in [0.4, 0.5) is 5.69 Å². The number of nitrogens with one attached hydrogen (secondary N) is 2. The molecule has 0 bridgehead atoms. The van der Waals surface area contributed by atoms with E-state index >= 15 is 0 Å². The van der Waals surface area contributed by atoms with E-state index in [9.17, 15) is 0 Å². The molecule has 1 aromatic rings. The maximum absolute atomic E-state index is 9.17. The van der Waals surface area contributed by atoms with Gasteiger partial charge in [0, 0.05) is 12.2 Å². The topological polar surface area (TPSA) is 44.3 Å². The van der Waals surface area contributed by atoms with Crippen LogP contribution in [0.2, 0.25) is 0 Å². The molecular weight excluding hydrogens is 172 g/mol. The Balaban J connectivity index is 2.43. The van der Waals surface area contributed by atoms with Crippen molar-refractivity contribution in [2.45, 2.75) is 6.54 Å². The van der Waals surface area contributed by atoms with Crippen LogP contribution in [0.1, 0.15) is 5.56 Å². The molecule has 0 spiro atoms. The summed E-state index contributed by atoms with van der Waals surface area (Å²) in [6, 6.07) is 5.18. The number of hydrogen-bond donors (Lipinski definition) is 3. The van der Waals surface area contributed by atoms with Gasteiger partial charge < -0.3 is 15.7 Å². The highest BCUT2D eigenvalue weighted by atomic mass is 32.1. The van der Waals surface area contributed by atoms with Crippen molar-refractivity contribution in [2.75, 3.05) is 5.32 Å². The van der Waals surface area contributed by atoms with Crippen molar-refractivity contribution in [3.8, 4) is 5.75 Å². The highest BCUT2D eigenvalue weighted by Gasteiger charge is 2.10. The van der Waals surface area contributed by atoms with Gasteiger partial charge in [0.15, 0.2) is 5.11 Å². The molecule has 0 amide bonds. The van der Waals surface area contributed by atoms with E-state index in [1.807, 2.05) is 6.07 Å². The summed E-state index contributed by atoms with van der Waals surface area (Å²) in [7, 11) is 0. The maximum Gasteiger partial charge on any atom is 0.171 e. The Morgan fingerprint density at radius 2 is 2.25 bits per heavy atom. The average Bonchev–Trinajstić information content (AvgIpc) is 2.05. The third kappa shape index (κ3) is 1.21. The molecule has 3 N–H and O–H groups in total. The number of anilines is 1. The molecular formula is C8H8N2OS. The van der Waals surface area contributed by atoms with Crippen molar-refractivity contribution in [2.24, 2.45) is 0 Å². The molecule has 0 radical (unpaired) electrons. The Morgan fingerprint density at radius 1 is 1.42 bits per heavy atom. The zero-order chi connectivity index (χ0) is 8.55. The number of phenolic OH excluding ortho intramolecular Hbond substituents is 1. The molecule has 0 fully saturated rings. The molecule has 1 heterocycles. The van der Waals surface area contributed by atoms with Gasteiger partial charge in [-0.3, -0.25) is 0 Å². The molecule has 62 valence electrons. The summed E-state index contributed by atoms with van der Waals surface area (Å²) in [5.74, 6) is 0.283. The summed E-state index contributed by atoms with van der Waals surface area (Å²) in [5, 5.41) is 15.8. The van der Waals surface area contributed by atoms with Crippen LogP contribution in [-0.2, 0) is 6.54 Å². The SMILES string of the molecule is Oc1ccc2c(c1)CNC(=S)N2. The first-order chi connectivity index (χ1) is 5.75. The van der Waals surface area contributed by atoms with Crippen LogP contribution in [-0.4, -0.2) is 10.2 Å². The van der Waals surface area contributed by atoms with Crippen molar-refractivity contribution in [1.82, 2.24) is 5.32 Å². The summed E-state index contributed by atoms with van der Waals surface area (Å²) < 4.78 is 0. The van der Waals surface area contributed by atoms with Gasteiger partial charge in [0.25, 0.3) is 0 Å². The fourth-order valence-electron chi connectivity index (χ4n) is 1.19. The van der Waals surface area contributed by atoms with Crippen LogP contribution in [0.3, 0.4) is 0 Å². The zero-order valence-electron chi connectivity index (χ0n) is 6.29. The van der Waals surface area contributed by atoms with Gasteiger partial charge in [0.1, 0.15) is 5.75 Å². The Hall–Kier alpha value is -1.29. The Labute approximate surface area is 75.4 Å².